The number of amides is 3. The van der Waals surface area contributed by atoms with Gasteiger partial charge in [0.15, 0.2) is 0 Å². The lowest BCUT2D eigenvalue weighted by Crippen LogP contribution is -2.52. The number of imide groups is 1. The summed E-state index contributed by atoms with van der Waals surface area (Å²) in [5.74, 6) is -0.327. The number of urea groups is 1. The Hall–Kier alpha value is -1.92. The van der Waals surface area contributed by atoms with Crippen LogP contribution in [0.5, 0.6) is 0 Å². The zero-order valence-corrected chi connectivity index (χ0v) is 13.2. The van der Waals surface area contributed by atoms with E-state index in [4.69, 9.17) is 4.74 Å². The maximum absolute atomic E-state index is 12.6. The van der Waals surface area contributed by atoms with Gasteiger partial charge in [-0.15, -0.1) is 0 Å². The van der Waals surface area contributed by atoms with E-state index in [-0.39, 0.29) is 18.1 Å². The minimum Gasteiger partial charge on any atom is -0.373 e. The Labute approximate surface area is 130 Å². The Kier molecular flexibility index (Phi) is 5.51. The number of rotatable bonds is 3. The molecule has 1 heterocycles. The van der Waals surface area contributed by atoms with Crippen molar-refractivity contribution in [2.45, 2.75) is 32.1 Å². The molecule has 0 aliphatic carbocycles. The van der Waals surface area contributed by atoms with Crippen molar-refractivity contribution in [3.05, 3.63) is 35.9 Å². The quantitative estimate of drug-likeness (QED) is 0.883. The third-order valence-corrected chi connectivity index (χ3v) is 3.64. The molecule has 3 atom stereocenters. The molecule has 1 fully saturated rings. The van der Waals surface area contributed by atoms with E-state index in [9.17, 15) is 9.59 Å². The summed E-state index contributed by atoms with van der Waals surface area (Å²) in [6.45, 7) is 5.26. The number of ether oxygens (including phenoxy) is 1. The van der Waals surface area contributed by atoms with E-state index >= 15 is 0 Å². The number of carbonyl (C=O) groups is 2. The highest BCUT2D eigenvalue weighted by Gasteiger charge is 2.33. The average molecular weight is 305 g/mol. The molecule has 1 aliphatic heterocycles. The monoisotopic (exact) mass is 305 g/mol. The van der Waals surface area contributed by atoms with Gasteiger partial charge in [-0.25, -0.2) is 4.79 Å². The third kappa shape index (κ3) is 4.05. The topological polar surface area (TPSA) is 70.7 Å². The summed E-state index contributed by atoms with van der Waals surface area (Å²) in [7, 11) is 1.49. The molecule has 6 heteroatoms. The highest BCUT2D eigenvalue weighted by atomic mass is 16.5. The number of carbonyl (C=O) groups excluding carboxylic acids is 2. The predicted molar refractivity (Wildman–Crippen MR) is 83.4 cm³/mol. The Morgan fingerprint density at radius 3 is 2.32 bits per heavy atom. The molecule has 0 radical (unpaired) electrons. The van der Waals surface area contributed by atoms with Crippen molar-refractivity contribution >= 4 is 11.9 Å². The lowest BCUT2D eigenvalue weighted by Gasteiger charge is -2.39. The van der Waals surface area contributed by atoms with Crippen LogP contribution in [0.1, 0.15) is 25.5 Å². The molecule has 0 spiro atoms. The summed E-state index contributed by atoms with van der Waals surface area (Å²) in [6.07, 6.45) is 0.0885. The van der Waals surface area contributed by atoms with Crippen molar-refractivity contribution in [1.82, 2.24) is 15.5 Å². The molecule has 0 unspecified atom stereocenters. The smallest absolute Gasteiger partial charge is 0.321 e. The molecule has 1 aromatic rings. The first-order chi connectivity index (χ1) is 10.5. The second kappa shape index (κ2) is 7.38. The summed E-state index contributed by atoms with van der Waals surface area (Å²) in [6, 6.07) is 8.48. The maximum Gasteiger partial charge on any atom is 0.321 e. The number of morpholine rings is 1. The van der Waals surface area contributed by atoms with Crippen molar-refractivity contribution in [3.63, 3.8) is 0 Å². The summed E-state index contributed by atoms with van der Waals surface area (Å²) in [4.78, 5) is 26.1. The van der Waals surface area contributed by atoms with Gasteiger partial charge in [-0.2, -0.15) is 0 Å². The molecule has 0 saturated carbocycles. The standard InChI is InChI=1S/C16H23N3O3/c1-11-9-19(10-12(2)22-11)14(13-7-5-4-6-8-13)15(20)18-16(21)17-3/h4-8,11-12,14H,9-10H2,1-3H3,(H2,17,18,20,21)/t11-,12-,14+/m1/s1. The van der Waals surface area contributed by atoms with Gasteiger partial charge in [0.25, 0.3) is 0 Å². The van der Waals surface area contributed by atoms with Gasteiger partial charge in [-0.1, -0.05) is 30.3 Å². The lowest BCUT2D eigenvalue weighted by molar-refractivity contribution is -0.132. The Bertz CT molecular complexity index is 511. The van der Waals surface area contributed by atoms with Crippen molar-refractivity contribution in [1.29, 1.82) is 0 Å². The van der Waals surface area contributed by atoms with Crippen molar-refractivity contribution < 1.29 is 14.3 Å². The van der Waals surface area contributed by atoms with E-state index in [0.29, 0.717) is 13.1 Å². The average Bonchev–Trinajstić information content (AvgIpc) is 2.47. The SMILES string of the molecule is CNC(=O)NC(=O)[C@H](c1ccccc1)N1C[C@@H](C)O[C@H](C)C1. The van der Waals surface area contributed by atoms with Crippen LogP contribution in [-0.2, 0) is 9.53 Å². The number of nitrogens with one attached hydrogen (secondary N) is 2. The van der Waals surface area contributed by atoms with Gasteiger partial charge in [-0.3, -0.25) is 15.0 Å². The van der Waals surface area contributed by atoms with Crippen LogP contribution in [0.25, 0.3) is 0 Å². The largest absolute Gasteiger partial charge is 0.373 e. The molecule has 3 amide bonds. The van der Waals surface area contributed by atoms with Crippen LogP contribution in [0.2, 0.25) is 0 Å². The van der Waals surface area contributed by atoms with Gasteiger partial charge >= 0.3 is 6.03 Å². The molecule has 2 N–H and O–H groups in total. The minimum atomic E-state index is -0.507. The highest BCUT2D eigenvalue weighted by molar-refractivity contribution is 5.97. The summed E-state index contributed by atoms with van der Waals surface area (Å²) < 4.78 is 5.73. The third-order valence-electron chi connectivity index (χ3n) is 3.64. The first-order valence-corrected chi connectivity index (χ1v) is 7.48. The summed E-state index contributed by atoms with van der Waals surface area (Å²) >= 11 is 0. The van der Waals surface area contributed by atoms with E-state index < -0.39 is 12.1 Å². The fraction of sp³-hybridized carbons (Fsp3) is 0.500. The van der Waals surface area contributed by atoms with Crippen molar-refractivity contribution in [3.8, 4) is 0 Å². The van der Waals surface area contributed by atoms with Gasteiger partial charge in [0, 0.05) is 20.1 Å². The van der Waals surface area contributed by atoms with Gasteiger partial charge in [-0.05, 0) is 19.4 Å². The van der Waals surface area contributed by atoms with Crippen molar-refractivity contribution in [2.75, 3.05) is 20.1 Å². The van der Waals surface area contributed by atoms with E-state index in [2.05, 4.69) is 15.5 Å². The molecule has 1 saturated heterocycles. The predicted octanol–water partition coefficient (Wildman–Crippen LogP) is 1.29. The van der Waals surface area contributed by atoms with Crippen LogP contribution in [0.3, 0.4) is 0 Å². The maximum atomic E-state index is 12.6. The number of hydrogen-bond donors (Lipinski definition) is 2. The molecule has 0 bridgehead atoms. The van der Waals surface area contributed by atoms with Crippen LogP contribution >= 0.6 is 0 Å². The fourth-order valence-electron chi connectivity index (χ4n) is 2.83. The molecular weight excluding hydrogens is 282 g/mol. The minimum absolute atomic E-state index is 0.0442. The van der Waals surface area contributed by atoms with Crippen LogP contribution in [0.15, 0.2) is 30.3 Å². The van der Waals surface area contributed by atoms with E-state index in [1.165, 1.54) is 7.05 Å². The van der Waals surface area contributed by atoms with E-state index in [1.807, 2.05) is 44.2 Å². The van der Waals surface area contributed by atoms with Gasteiger partial charge in [0.1, 0.15) is 6.04 Å². The molecule has 0 aromatic heterocycles. The molecular formula is C16H23N3O3. The fourth-order valence-corrected chi connectivity index (χ4v) is 2.83. The summed E-state index contributed by atoms with van der Waals surface area (Å²) in [5, 5.41) is 4.79. The number of benzene rings is 1. The van der Waals surface area contributed by atoms with E-state index in [1.54, 1.807) is 0 Å². The molecule has 6 nitrogen and oxygen atoms in total. The zero-order valence-electron chi connectivity index (χ0n) is 13.2. The number of nitrogens with zero attached hydrogens (tertiary/aromatic N) is 1. The summed E-state index contributed by atoms with van der Waals surface area (Å²) in [5.41, 5.74) is 0.866. The zero-order chi connectivity index (χ0) is 16.1. The van der Waals surface area contributed by atoms with Crippen LogP contribution < -0.4 is 10.6 Å². The van der Waals surface area contributed by atoms with Gasteiger partial charge < -0.3 is 10.1 Å². The second-order valence-corrected chi connectivity index (χ2v) is 5.59. The first-order valence-electron chi connectivity index (χ1n) is 7.48. The Morgan fingerprint density at radius 2 is 1.77 bits per heavy atom. The first kappa shape index (κ1) is 16.5. The van der Waals surface area contributed by atoms with E-state index in [0.717, 1.165) is 5.56 Å². The molecule has 22 heavy (non-hydrogen) atoms. The highest BCUT2D eigenvalue weighted by Crippen LogP contribution is 2.25. The molecule has 120 valence electrons. The van der Waals surface area contributed by atoms with Crippen LogP contribution in [0, 0.1) is 0 Å². The van der Waals surface area contributed by atoms with Crippen LogP contribution in [0.4, 0.5) is 4.79 Å². The second-order valence-electron chi connectivity index (χ2n) is 5.59. The van der Waals surface area contributed by atoms with Gasteiger partial charge in [0.05, 0.1) is 12.2 Å². The van der Waals surface area contributed by atoms with Gasteiger partial charge in [0.2, 0.25) is 5.91 Å². The Balaban J connectivity index is 2.25. The Morgan fingerprint density at radius 1 is 1.18 bits per heavy atom. The molecule has 2 rings (SSSR count). The van der Waals surface area contributed by atoms with Crippen molar-refractivity contribution in [2.24, 2.45) is 0 Å². The molecule has 1 aliphatic rings. The normalized spacial score (nSPS) is 23.6. The number of hydrogen-bond acceptors (Lipinski definition) is 4. The van der Waals surface area contributed by atoms with Crippen LogP contribution in [-0.4, -0.2) is 49.2 Å². The molecule has 1 aromatic carbocycles. The lowest BCUT2D eigenvalue weighted by atomic mass is 10.0.